The number of rotatable bonds is 0. The highest BCUT2D eigenvalue weighted by Crippen LogP contribution is 2.59. The van der Waals surface area contributed by atoms with E-state index in [-0.39, 0.29) is 5.41 Å². The number of fused-ring (bicyclic) bond motifs is 5. The van der Waals surface area contributed by atoms with Crippen molar-refractivity contribution in [1.82, 2.24) is 0 Å². The zero-order valence-electron chi connectivity index (χ0n) is 12.1. The Labute approximate surface area is 120 Å². The molecule has 0 saturated heterocycles. The number of aliphatic hydroxyl groups is 1. The van der Waals surface area contributed by atoms with E-state index < -0.39 is 0 Å². The third kappa shape index (κ3) is 1.54. The lowest BCUT2D eigenvalue weighted by molar-refractivity contribution is 0.0533. The van der Waals surface area contributed by atoms with Gasteiger partial charge in [0.15, 0.2) is 0 Å². The molecule has 2 nitrogen and oxygen atoms in total. The van der Waals surface area contributed by atoms with Gasteiger partial charge in [-0.05, 0) is 67.6 Å². The molecule has 0 aromatic rings. The van der Waals surface area contributed by atoms with Gasteiger partial charge in [0.05, 0.1) is 0 Å². The SMILES string of the molecule is C[C@]12CC[C@H]3[C@@H](CC=C4C=C(O)C=C[C@@H]43)[C@@H]1CCC2=N. The predicted molar refractivity (Wildman–Crippen MR) is 80.8 cm³/mol. The first kappa shape index (κ1) is 12.4. The van der Waals surface area contributed by atoms with Crippen LogP contribution in [-0.2, 0) is 0 Å². The van der Waals surface area contributed by atoms with E-state index in [1.807, 2.05) is 12.2 Å². The monoisotopic (exact) mass is 269 g/mol. The minimum absolute atomic E-state index is 0.183. The molecule has 0 spiro atoms. The maximum atomic E-state index is 9.68. The molecule has 0 heterocycles. The molecule has 0 aliphatic heterocycles. The molecule has 20 heavy (non-hydrogen) atoms. The Kier molecular flexibility index (Phi) is 2.55. The van der Waals surface area contributed by atoms with Gasteiger partial charge >= 0.3 is 0 Å². The zero-order chi connectivity index (χ0) is 13.9. The summed E-state index contributed by atoms with van der Waals surface area (Å²) in [7, 11) is 0. The fourth-order valence-corrected chi connectivity index (χ4v) is 5.40. The molecule has 0 aromatic carbocycles. The molecule has 2 heteroatoms. The van der Waals surface area contributed by atoms with Crippen LogP contribution in [0.25, 0.3) is 0 Å². The third-order valence-electron chi connectivity index (χ3n) is 6.54. The second kappa shape index (κ2) is 4.09. The second-order valence-corrected chi connectivity index (χ2v) is 7.30. The molecule has 4 rings (SSSR count). The number of allylic oxidation sites excluding steroid dienone is 5. The minimum Gasteiger partial charge on any atom is -0.508 e. The molecule has 0 unspecified atom stereocenters. The van der Waals surface area contributed by atoms with Crippen LogP contribution in [0.15, 0.2) is 35.6 Å². The normalized spacial score (nSPS) is 46.1. The van der Waals surface area contributed by atoms with E-state index in [1.54, 1.807) is 0 Å². The Morgan fingerprint density at radius 1 is 1.30 bits per heavy atom. The maximum absolute atomic E-state index is 9.68. The second-order valence-electron chi connectivity index (χ2n) is 7.30. The number of hydrogen-bond acceptors (Lipinski definition) is 2. The highest BCUT2D eigenvalue weighted by Gasteiger charge is 2.53. The van der Waals surface area contributed by atoms with E-state index in [4.69, 9.17) is 5.41 Å². The summed E-state index contributed by atoms with van der Waals surface area (Å²) in [6.45, 7) is 2.34. The quantitative estimate of drug-likeness (QED) is 0.672. The van der Waals surface area contributed by atoms with Crippen molar-refractivity contribution in [2.75, 3.05) is 0 Å². The Hall–Kier alpha value is -1.31. The van der Waals surface area contributed by atoms with Crippen molar-refractivity contribution in [1.29, 1.82) is 5.41 Å². The Balaban J connectivity index is 1.69. The largest absolute Gasteiger partial charge is 0.508 e. The lowest BCUT2D eigenvalue weighted by Crippen LogP contribution is -2.45. The smallest absolute Gasteiger partial charge is 0.115 e. The van der Waals surface area contributed by atoms with Crippen LogP contribution in [0.1, 0.15) is 39.0 Å². The Morgan fingerprint density at radius 3 is 3.00 bits per heavy atom. The molecule has 0 bridgehead atoms. The standard InChI is InChI=1S/C18H23NO/c1-18-9-8-14-13-5-3-12(20)10-11(13)2-4-15(14)16(18)6-7-17(18)19/h2-3,5,10,13-16,19-20H,4,6-9H2,1H3/t13-,14+,15+,16-,18-/m0/s1. The molecule has 2 fully saturated rings. The molecule has 0 radical (unpaired) electrons. The predicted octanol–water partition coefficient (Wildman–Crippen LogP) is 4.41. The van der Waals surface area contributed by atoms with Crippen LogP contribution in [0, 0.1) is 34.5 Å². The molecule has 0 aromatic heterocycles. The lowest BCUT2D eigenvalue weighted by atomic mass is 9.54. The van der Waals surface area contributed by atoms with Crippen LogP contribution in [0.5, 0.6) is 0 Å². The van der Waals surface area contributed by atoms with Crippen LogP contribution in [0.4, 0.5) is 0 Å². The summed E-state index contributed by atoms with van der Waals surface area (Å²) < 4.78 is 0. The highest BCUT2D eigenvalue weighted by atomic mass is 16.3. The highest BCUT2D eigenvalue weighted by molar-refractivity contribution is 5.89. The summed E-state index contributed by atoms with van der Waals surface area (Å²) in [5.41, 5.74) is 2.51. The first-order valence-corrected chi connectivity index (χ1v) is 7.96. The molecule has 106 valence electrons. The fraction of sp³-hybridized carbons (Fsp3) is 0.611. The van der Waals surface area contributed by atoms with E-state index in [9.17, 15) is 5.11 Å². The molecule has 0 amide bonds. The van der Waals surface area contributed by atoms with Crippen LogP contribution < -0.4 is 0 Å². The van der Waals surface area contributed by atoms with E-state index in [2.05, 4.69) is 19.1 Å². The van der Waals surface area contributed by atoms with Crippen molar-refractivity contribution in [2.24, 2.45) is 29.1 Å². The van der Waals surface area contributed by atoms with Crippen molar-refractivity contribution in [3.63, 3.8) is 0 Å². The van der Waals surface area contributed by atoms with E-state index in [0.717, 1.165) is 30.4 Å². The van der Waals surface area contributed by atoms with Crippen LogP contribution in [0.2, 0.25) is 0 Å². The summed E-state index contributed by atoms with van der Waals surface area (Å²) >= 11 is 0. The van der Waals surface area contributed by atoms with Crippen molar-refractivity contribution >= 4 is 5.71 Å². The van der Waals surface area contributed by atoms with E-state index in [1.165, 1.54) is 24.8 Å². The van der Waals surface area contributed by atoms with Crippen molar-refractivity contribution < 1.29 is 5.11 Å². The summed E-state index contributed by atoms with van der Waals surface area (Å²) in [6, 6.07) is 0. The van der Waals surface area contributed by atoms with Gasteiger partial charge in [0.25, 0.3) is 0 Å². The molecule has 2 N–H and O–H groups in total. The van der Waals surface area contributed by atoms with E-state index in [0.29, 0.717) is 17.6 Å². The summed E-state index contributed by atoms with van der Waals surface area (Å²) in [5, 5.41) is 18.0. The van der Waals surface area contributed by atoms with Gasteiger partial charge in [-0.2, -0.15) is 0 Å². The number of nitrogens with one attached hydrogen (secondary N) is 1. The van der Waals surface area contributed by atoms with Gasteiger partial charge < -0.3 is 10.5 Å². The number of aliphatic hydroxyl groups excluding tert-OH is 1. The van der Waals surface area contributed by atoms with Gasteiger partial charge in [-0.15, -0.1) is 0 Å². The maximum Gasteiger partial charge on any atom is 0.115 e. The van der Waals surface area contributed by atoms with Crippen LogP contribution in [0.3, 0.4) is 0 Å². The third-order valence-corrected chi connectivity index (χ3v) is 6.54. The van der Waals surface area contributed by atoms with Gasteiger partial charge in [0, 0.05) is 17.0 Å². The molecular weight excluding hydrogens is 246 g/mol. The Bertz CT molecular complexity index is 556. The van der Waals surface area contributed by atoms with Gasteiger partial charge in [0.1, 0.15) is 5.76 Å². The molecule has 5 atom stereocenters. The molecular formula is C18H23NO. The van der Waals surface area contributed by atoms with Crippen molar-refractivity contribution in [3.05, 3.63) is 35.6 Å². The lowest BCUT2D eigenvalue weighted by Gasteiger charge is -2.50. The van der Waals surface area contributed by atoms with Gasteiger partial charge in [-0.3, -0.25) is 0 Å². The number of hydrogen-bond donors (Lipinski definition) is 2. The van der Waals surface area contributed by atoms with Crippen LogP contribution >= 0.6 is 0 Å². The molecule has 4 aliphatic rings. The first-order valence-electron chi connectivity index (χ1n) is 7.96. The first-order chi connectivity index (χ1) is 9.59. The summed E-state index contributed by atoms with van der Waals surface area (Å²) in [4.78, 5) is 0. The average molecular weight is 269 g/mol. The topological polar surface area (TPSA) is 44.1 Å². The average Bonchev–Trinajstić information content (AvgIpc) is 2.74. The van der Waals surface area contributed by atoms with Gasteiger partial charge in [0.2, 0.25) is 0 Å². The summed E-state index contributed by atoms with van der Waals surface area (Å²) in [5.74, 6) is 3.07. The minimum atomic E-state index is 0.183. The van der Waals surface area contributed by atoms with Crippen molar-refractivity contribution in [2.45, 2.75) is 39.0 Å². The summed E-state index contributed by atoms with van der Waals surface area (Å²) in [6.07, 6.45) is 14.2. The van der Waals surface area contributed by atoms with E-state index >= 15 is 0 Å². The zero-order valence-corrected chi connectivity index (χ0v) is 12.1. The molecule has 4 aliphatic carbocycles. The van der Waals surface area contributed by atoms with Gasteiger partial charge in [-0.1, -0.05) is 19.1 Å². The Morgan fingerprint density at radius 2 is 2.15 bits per heavy atom. The fourth-order valence-electron chi connectivity index (χ4n) is 5.40. The van der Waals surface area contributed by atoms with Crippen molar-refractivity contribution in [3.8, 4) is 0 Å². The van der Waals surface area contributed by atoms with Gasteiger partial charge in [-0.25, -0.2) is 0 Å². The van der Waals surface area contributed by atoms with Crippen LogP contribution in [-0.4, -0.2) is 10.8 Å². The molecule has 2 saturated carbocycles.